The number of hydrogen-bond donors (Lipinski definition) is 2. The van der Waals surface area contributed by atoms with E-state index in [4.69, 9.17) is 10.9 Å². The van der Waals surface area contributed by atoms with Gasteiger partial charge in [0, 0.05) is 19.1 Å². The molecule has 0 saturated carbocycles. The highest BCUT2D eigenvalue weighted by Crippen LogP contribution is 2.17. The van der Waals surface area contributed by atoms with Crippen molar-refractivity contribution < 1.29 is 5.21 Å². The molecular formula is C11H24N4O. The Balaban J connectivity index is 2.52. The molecule has 2 atom stereocenters. The van der Waals surface area contributed by atoms with E-state index >= 15 is 0 Å². The second kappa shape index (κ2) is 6.06. The van der Waals surface area contributed by atoms with Gasteiger partial charge in [0.1, 0.15) is 0 Å². The molecule has 5 heteroatoms. The summed E-state index contributed by atoms with van der Waals surface area (Å²) >= 11 is 0. The summed E-state index contributed by atoms with van der Waals surface area (Å²) in [5, 5.41) is 11.7. The molecule has 1 rings (SSSR count). The van der Waals surface area contributed by atoms with Gasteiger partial charge in [-0.2, -0.15) is 0 Å². The van der Waals surface area contributed by atoms with Crippen molar-refractivity contribution in [1.29, 1.82) is 0 Å². The predicted molar refractivity (Wildman–Crippen MR) is 65.8 cm³/mol. The largest absolute Gasteiger partial charge is 0.409 e. The van der Waals surface area contributed by atoms with Crippen LogP contribution in [0.15, 0.2) is 5.16 Å². The summed E-state index contributed by atoms with van der Waals surface area (Å²) < 4.78 is 0. The SMILES string of the molecule is CCN(CC)C1CCN(C(C)C(N)=NO)C1. The quantitative estimate of drug-likeness (QED) is 0.312. The third kappa shape index (κ3) is 2.86. The summed E-state index contributed by atoms with van der Waals surface area (Å²) in [4.78, 5) is 4.75. The first kappa shape index (κ1) is 13.3. The van der Waals surface area contributed by atoms with Gasteiger partial charge in [0.2, 0.25) is 0 Å². The summed E-state index contributed by atoms with van der Waals surface area (Å²) in [7, 11) is 0. The van der Waals surface area contributed by atoms with Gasteiger partial charge >= 0.3 is 0 Å². The Kier molecular flexibility index (Phi) is 5.02. The first-order valence-corrected chi connectivity index (χ1v) is 6.09. The minimum absolute atomic E-state index is 0.0329. The zero-order valence-electron chi connectivity index (χ0n) is 10.6. The Hall–Kier alpha value is -0.810. The third-order valence-corrected chi connectivity index (χ3v) is 3.61. The smallest absolute Gasteiger partial charge is 0.156 e. The fraction of sp³-hybridized carbons (Fsp3) is 0.909. The highest BCUT2D eigenvalue weighted by molar-refractivity contribution is 5.84. The number of nitrogens with zero attached hydrogens (tertiary/aromatic N) is 3. The van der Waals surface area contributed by atoms with E-state index in [2.05, 4.69) is 28.8 Å². The van der Waals surface area contributed by atoms with Crippen molar-refractivity contribution in [2.24, 2.45) is 10.9 Å². The second-order valence-electron chi connectivity index (χ2n) is 4.36. The highest BCUT2D eigenvalue weighted by Gasteiger charge is 2.30. The molecular weight excluding hydrogens is 204 g/mol. The van der Waals surface area contributed by atoms with Crippen LogP contribution >= 0.6 is 0 Å². The molecule has 3 N–H and O–H groups in total. The average Bonchev–Trinajstić information content (AvgIpc) is 2.78. The van der Waals surface area contributed by atoms with E-state index in [0.717, 1.165) is 26.2 Å². The van der Waals surface area contributed by atoms with Gasteiger partial charge in [-0.25, -0.2) is 0 Å². The van der Waals surface area contributed by atoms with Crippen LogP contribution in [0.25, 0.3) is 0 Å². The van der Waals surface area contributed by atoms with E-state index < -0.39 is 0 Å². The second-order valence-corrected chi connectivity index (χ2v) is 4.36. The van der Waals surface area contributed by atoms with Crippen LogP contribution < -0.4 is 5.73 Å². The van der Waals surface area contributed by atoms with E-state index in [9.17, 15) is 0 Å². The van der Waals surface area contributed by atoms with Crippen LogP contribution in [0.5, 0.6) is 0 Å². The molecule has 0 amide bonds. The normalized spacial score (nSPS) is 25.2. The fourth-order valence-corrected chi connectivity index (χ4v) is 2.43. The van der Waals surface area contributed by atoms with Gasteiger partial charge in [0.05, 0.1) is 6.04 Å². The molecule has 5 nitrogen and oxygen atoms in total. The molecule has 0 bridgehead atoms. The molecule has 2 unspecified atom stereocenters. The minimum atomic E-state index is 0.0329. The molecule has 16 heavy (non-hydrogen) atoms. The molecule has 0 aromatic heterocycles. The Morgan fingerprint density at radius 1 is 1.56 bits per heavy atom. The van der Waals surface area contributed by atoms with Gasteiger partial charge in [-0.15, -0.1) is 0 Å². The first-order valence-electron chi connectivity index (χ1n) is 6.09. The maximum atomic E-state index is 8.66. The molecule has 1 fully saturated rings. The molecule has 0 aromatic rings. The summed E-state index contributed by atoms with van der Waals surface area (Å²) in [6.07, 6.45) is 1.17. The molecule has 1 aliphatic heterocycles. The van der Waals surface area contributed by atoms with E-state index in [0.29, 0.717) is 11.9 Å². The monoisotopic (exact) mass is 228 g/mol. The van der Waals surface area contributed by atoms with E-state index in [-0.39, 0.29) is 6.04 Å². The molecule has 0 radical (unpaired) electrons. The van der Waals surface area contributed by atoms with Crippen LogP contribution in [0.4, 0.5) is 0 Å². The lowest BCUT2D eigenvalue weighted by Crippen LogP contribution is -2.44. The van der Waals surface area contributed by atoms with Gasteiger partial charge in [-0.05, 0) is 26.4 Å². The highest BCUT2D eigenvalue weighted by atomic mass is 16.4. The summed E-state index contributed by atoms with van der Waals surface area (Å²) in [5.41, 5.74) is 5.63. The number of nitrogens with two attached hydrogens (primary N) is 1. The third-order valence-electron chi connectivity index (χ3n) is 3.61. The zero-order chi connectivity index (χ0) is 12.1. The first-order chi connectivity index (χ1) is 7.63. The average molecular weight is 228 g/mol. The van der Waals surface area contributed by atoms with Gasteiger partial charge < -0.3 is 10.9 Å². The van der Waals surface area contributed by atoms with E-state index in [1.165, 1.54) is 6.42 Å². The fourth-order valence-electron chi connectivity index (χ4n) is 2.43. The van der Waals surface area contributed by atoms with Gasteiger partial charge in [0.15, 0.2) is 5.84 Å². The van der Waals surface area contributed by atoms with Crippen molar-refractivity contribution in [3.63, 3.8) is 0 Å². The Labute approximate surface area is 97.9 Å². The number of hydrogen-bond acceptors (Lipinski definition) is 4. The van der Waals surface area contributed by atoms with Crippen LogP contribution in [-0.2, 0) is 0 Å². The zero-order valence-corrected chi connectivity index (χ0v) is 10.6. The van der Waals surface area contributed by atoms with E-state index in [1.54, 1.807) is 0 Å². The van der Waals surface area contributed by atoms with Gasteiger partial charge in [-0.1, -0.05) is 19.0 Å². The van der Waals surface area contributed by atoms with Gasteiger partial charge in [-0.3, -0.25) is 9.80 Å². The van der Waals surface area contributed by atoms with Crippen LogP contribution in [0, 0.1) is 0 Å². The standard InChI is InChI=1S/C11H24N4O/c1-4-14(5-2)10-6-7-15(8-10)9(3)11(12)13-16/h9-10,16H,4-8H2,1-3H3,(H2,12,13). The van der Waals surface area contributed by atoms with Gasteiger partial charge in [0.25, 0.3) is 0 Å². The predicted octanol–water partition coefficient (Wildman–Crippen LogP) is 0.537. The Bertz CT molecular complexity index is 240. The molecule has 1 saturated heterocycles. The lowest BCUT2D eigenvalue weighted by atomic mass is 10.2. The summed E-state index contributed by atoms with van der Waals surface area (Å²) in [6.45, 7) is 10.6. The maximum Gasteiger partial charge on any atom is 0.156 e. The van der Waals surface area contributed by atoms with Crippen molar-refractivity contribution in [2.45, 2.75) is 39.3 Å². The number of rotatable bonds is 5. The van der Waals surface area contributed by atoms with Crippen molar-refractivity contribution in [3.05, 3.63) is 0 Å². The number of likely N-dealkylation sites (N-methyl/N-ethyl adjacent to an activating group) is 1. The molecule has 1 aliphatic rings. The summed E-state index contributed by atoms with van der Waals surface area (Å²) in [5.74, 6) is 0.306. The van der Waals surface area contributed by atoms with Crippen molar-refractivity contribution in [2.75, 3.05) is 26.2 Å². The van der Waals surface area contributed by atoms with Crippen LogP contribution in [-0.4, -0.2) is 59.1 Å². The minimum Gasteiger partial charge on any atom is -0.409 e. The number of likely N-dealkylation sites (tertiary alicyclic amines) is 1. The van der Waals surface area contributed by atoms with Crippen molar-refractivity contribution in [3.8, 4) is 0 Å². The lowest BCUT2D eigenvalue weighted by molar-refractivity contribution is 0.205. The Morgan fingerprint density at radius 3 is 2.69 bits per heavy atom. The van der Waals surface area contributed by atoms with Crippen molar-refractivity contribution >= 4 is 5.84 Å². The topological polar surface area (TPSA) is 65.1 Å². The molecule has 0 aliphatic carbocycles. The van der Waals surface area contributed by atoms with Crippen molar-refractivity contribution in [1.82, 2.24) is 9.80 Å². The number of amidine groups is 1. The lowest BCUT2D eigenvalue weighted by Gasteiger charge is -2.28. The van der Waals surface area contributed by atoms with E-state index in [1.807, 2.05) is 6.92 Å². The summed E-state index contributed by atoms with van der Waals surface area (Å²) in [6, 6.07) is 0.648. The van der Waals surface area contributed by atoms with Crippen LogP contribution in [0.3, 0.4) is 0 Å². The molecule has 1 heterocycles. The molecule has 94 valence electrons. The molecule has 0 spiro atoms. The molecule has 0 aromatic carbocycles. The number of oxime groups is 1. The van der Waals surface area contributed by atoms with Crippen LogP contribution in [0.2, 0.25) is 0 Å². The Morgan fingerprint density at radius 2 is 2.19 bits per heavy atom. The van der Waals surface area contributed by atoms with Crippen LogP contribution in [0.1, 0.15) is 27.2 Å². The maximum absolute atomic E-state index is 8.66.